The lowest BCUT2D eigenvalue weighted by atomic mass is 10.1. The van der Waals surface area contributed by atoms with Crippen LogP contribution in [-0.2, 0) is 6.61 Å². The van der Waals surface area contributed by atoms with Crippen LogP contribution < -0.4 is 14.2 Å². The fourth-order valence-electron chi connectivity index (χ4n) is 2.71. The first-order valence-corrected chi connectivity index (χ1v) is 9.57. The van der Waals surface area contributed by atoms with Gasteiger partial charge in [-0.15, -0.1) is 0 Å². The molecule has 3 nitrogen and oxygen atoms in total. The summed E-state index contributed by atoms with van der Waals surface area (Å²) in [6.07, 6.45) is 2.74. The molecule has 0 heterocycles. The monoisotopic (exact) mass is 374 g/mol. The highest BCUT2D eigenvalue weighted by Crippen LogP contribution is 2.25. The van der Waals surface area contributed by atoms with E-state index in [9.17, 15) is 0 Å². The molecule has 0 N–H and O–H groups in total. The third kappa shape index (κ3) is 5.65. The lowest BCUT2D eigenvalue weighted by molar-refractivity contribution is 0.306. The Bertz CT molecular complexity index is 850. The van der Waals surface area contributed by atoms with Gasteiger partial charge in [0.15, 0.2) is 0 Å². The maximum Gasteiger partial charge on any atom is 0.119 e. The van der Waals surface area contributed by atoms with Crippen LogP contribution in [-0.4, -0.2) is 13.2 Å². The summed E-state index contributed by atoms with van der Waals surface area (Å²) in [6, 6.07) is 24.2. The van der Waals surface area contributed by atoms with Crippen molar-refractivity contribution in [2.75, 3.05) is 13.2 Å². The minimum absolute atomic E-state index is 0.511. The van der Waals surface area contributed by atoms with Crippen LogP contribution in [0.15, 0.2) is 85.5 Å². The van der Waals surface area contributed by atoms with Crippen molar-refractivity contribution in [1.29, 1.82) is 0 Å². The van der Waals surface area contributed by atoms with E-state index in [1.54, 1.807) is 6.08 Å². The first-order valence-electron chi connectivity index (χ1n) is 9.57. The van der Waals surface area contributed by atoms with Gasteiger partial charge in [-0.3, -0.25) is 0 Å². The van der Waals surface area contributed by atoms with Gasteiger partial charge in [0, 0.05) is 0 Å². The molecule has 0 aliphatic heterocycles. The average Bonchev–Trinajstić information content (AvgIpc) is 2.76. The molecule has 0 atom stereocenters. The summed E-state index contributed by atoms with van der Waals surface area (Å²) >= 11 is 0. The molecule has 0 amide bonds. The second kappa shape index (κ2) is 10.2. The maximum atomic E-state index is 5.89. The van der Waals surface area contributed by atoms with E-state index in [0.717, 1.165) is 47.0 Å². The van der Waals surface area contributed by atoms with E-state index in [2.05, 4.69) is 37.8 Å². The molecule has 0 fully saturated rings. The van der Waals surface area contributed by atoms with E-state index >= 15 is 0 Å². The highest BCUT2D eigenvalue weighted by molar-refractivity contribution is 5.64. The van der Waals surface area contributed by atoms with Crippen LogP contribution in [0.3, 0.4) is 0 Å². The van der Waals surface area contributed by atoms with E-state index in [1.807, 2.05) is 48.5 Å². The molecule has 3 heteroatoms. The topological polar surface area (TPSA) is 27.7 Å². The van der Waals surface area contributed by atoms with Gasteiger partial charge in [-0.1, -0.05) is 56.0 Å². The van der Waals surface area contributed by atoms with Gasteiger partial charge in [-0.05, 0) is 59.5 Å². The molecule has 28 heavy (non-hydrogen) atoms. The van der Waals surface area contributed by atoms with Gasteiger partial charge < -0.3 is 14.2 Å². The number of benzene rings is 3. The van der Waals surface area contributed by atoms with Crippen molar-refractivity contribution in [2.45, 2.75) is 20.0 Å². The summed E-state index contributed by atoms with van der Waals surface area (Å²) in [6.45, 7) is 7.52. The number of hydrogen-bond donors (Lipinski definition) is 0. The Balaban J connectivity index is 1.54. The van der Waals surface area contributed by atoms with E-state index < -0.39 is 0 Å². The van der Waals surface area contributed by atoms with E-state index in [0.29, 0.717) is 13.2 Å². The first kappa shape index (κ1) is 19.6. The molecule has 0 aliphatic rings. The summed E-state index contributed by atoms with van der Waals surface area (Å²) in [5.41, 5.74) is 3.40. The Morgan fingerprint density at radius 3 is 1.71 bits per heavy atom. The van der Waals surface area contributed by atoms with E-state index in [1.165, 1.54) is 0 Å². The standard InChI is InChI=1S/C25H26O3/c1-3-17-26-23-11-5-20(6-12-23)19-28-25-15-9-22(10-16-25)21-7-13-24(14-8-21)27-18-4-2/h3,5-16H,1,4,17-19H2,2H3. The van der Waals surface area contributed by atoms with Gasteiger partial charge >= 0.3 is 0 Å². The Morgan fingerprint density at radius 1 is 0.679 bits per heavy atom. The lowest BCUT2D eigenvalue weighted by Crippen LogP contribution is -1.96. The minimum atomic E-state index is 0.511. The minimum Gasteiger partial charge on any atom is -0.494 e. The molecule has 0 saturated heterocycles. The Morgan fingerprint density at radius 2 is 1.18 bits per heavy atom. The maximum absolute atomic E-state index is 5.89. The zero-order valence-electron chi connectivity index (χ0n) is 16.3. The fourth-order valence-corrected chi connectivity index (χ4v) is 2.71. The fraction of sp³-hybridized carbons (Fsp3) is 0.200. The van der Waals surface area contributed by atoms with Crippen LogP contribution in [0, 0.1) is 0 Å². The third-order valence-corrected chi connectivity index (χ3v) is 4.21. The highest BCUT2D eigenvalue weighted by Gasteiger charge is 2.01. The highest BCUT2D eigenvalue weighted by atomic mass is 16.5. The van der Waals surface area contributed by atoms with Crippen LogP contribution in [0.1, 0.15) is 18.9 Å². The first-order chi connectivity index (χ1) is 13.8. The quantitative estimate of drug-likeness (QED) is 0.391. The molecule has 3 rings (SSSR count). The third-order valence-electron chi connectivity index (χ3n) is 4.21. The van der Waals surface area contributed by atoms with Crippen LogP contribution in [0.2, 0.25) is 0 Å². The molecule has 0 saturated carbocycles. The van der Waals surface area contributed by atoms with Crippen molar-refractivity contribution in [3.05, 3.63) is 91.0 Å². The summed E-state index contributed by atoms with van der Waals surface area (Å²) in [7, 11) is 0. The molecule has 0 aromatic heterocycles. The van der Waals surface area contributed by atoms with Crippen molar-refractivity contribution in [3.8, 4) is 28.4 Å². The average molecular weight is 374 g/mol. The van der Waals surface area contributed by atoms with Crippen LogP contribution in [0.5, 0.6) is 17.2 Å². The second-order valence-corrected chi connectivity index (χ2v) is 6.43. The SMILES string of the molecule is C=CCOc1ccc(COc2ccc(-c3ccc(OCCC)cc3)cc2)cc1. The van der Waals surface area contributed by atoms with Gasteiger partial charge in [0.1, 0.15) is 30.5 Å². The predicted molar refractivity (Wildman–Crippen MR) is 114 cm³/mol. The van der Waals surface area contributed by atoms with Crippen molar-refractivity contribution in [3.63, 3.8) is 0 Å². The van der Waals surface area contributed by atoms with Gasteiger partial charge in [-0.25, -0.2) is 0 Å². The number of hydrogen-bond acceptors (Lipinski definition) is 3. The second-order valence-electron chi connectivity index (χ2n) is 6.43. The zero-order valence-corrected chi connectivity index (χ0v) is 16.3. The summed E-state index contributed by atoms with van der Waals surface area (Å²) in [5, 5.41) is 0. The molecule has 3 aromatic rings. The number of ether oxygens (including phenoxy) is 3. The predicted octanol–water partition coefficient (Wildman–Crippen LogP) is 6.29. The van der Waals surface area contributed by atoms with Crippen molar-refractivity contribution in [1.82, 2.24) is 0 Å². The van der Waals surface area contributed by atoms with E-state index in [-0.39, 0.29) is 0 Å². The molecule has 3 aromatic carbocycles. The van der Waals surface area contributed by atoms with Crippen LogP contribution >= 0.6 is 0 Å². The smallest absolute Gasteiger partial charge is 0.119 e. The molecule has 0 aliphatic carbocycles. The van der Waals surface area contributed by atoms with Gasteiger partial charge in [0.05, 0.1) is 6.61 Å². The van der Waals surface area contributed by atoms with Gasteiger partial charge in [0.2, 0.25) is 0 Å². The van der Waals surface area contributed by atoms with Crippen LogP contribution in [0.4, 0.5) is 0 Å². The summed E-state index contributed by atoms with van der Waals surface area (Å²) in [5.74, 6) is 2.59. The molecule has 0 bridgehead atoms. The molecule has 0 radical (unpaired) electrons. The summed E-state index contributed by atoms with van der Waals surface area (Å²) < 4.78 is 17.0. The number of rotatable bonds is 10. The van der Waals surface area contributed by atoms with Crippen LogP contribution in [0.25, 0.3) is 11.1 Å². The Hall–Kier alpha value is -3.20. The van der Waals surface area contributed by atoms with E-state index in [4.69, 9.17) is 14.2 Å². The molecule has 0 unspecified atom stereocenters. The Kier molecular flexibility index (Phi) is 7.14. The summed E-state index contributed by atoms with van der Waals surface area (Å²) in [4.78, 5) is 0. The Labute approximate surface area is 167 Å². The molecular formula is C25H26O3. The molecular weight excluding hydrogens is 348 g/mol. The molecule has 0 spiro atoms. The van der Waals surface area contributed by atoms with Crippen molar-refractivity contribution in [2.24, 2.45) is 0 Å². The zero-order chi connectivity index (χ0) is 19.6. The van der Waals surface area contributed by atoms with Crippen molar-refractivity contribution >= 4 is 0 Å². The molecule has 144 valence electrons. The van der Waals surface area contributed by atoms with Gasteiger partial charge in [0.25, 0.3) is 0 Å². The van der Waals surface area contributed by atoms with Crippen molar-refractivity contribution < 1.29 is 14.2 Å². The lowest BCUT2D eigenvalue weighted by Gasteiger charge is -2.09. The normalized spacial score (nSPS) is 10.3. The van der Waals surface area contributed by atoms with Gasteiger partial charge in [-0.2, -0.15) is 0 Å². The largest absolute Gasteiger partial charge is 0.494 e.